The molecule has 1 aromatic carbocycles. The maximum atomic E-state index is 12.6. The summed E-state index contributed by atoms with van der Waals surface area (Å²) in [6.45, 7) is 0. The van der Waals surface area contributed by atoms with Crippen LogP contribution in [-0.4, -0.2) is 27.2 Å². The summed E-state index contributed by atoms with van der Waals surface area (Å²) in [7, 11) is 0. The normalized spacial score (nSPS) is 11.2. The Bertz CT molecular complexity index is 681. The molecule has 0 atom stereocenters. The van der Waals surface area contributed by atoms with Crippen LogP contribution in [0.1, 0.15) is 26.4 Å². The molecule has 2 rings (SSSR count). The first kappa shape index (κ1) is 14.6. The van der Waals surface area contributed by atoms with Crippen LogP contribution in [0, 0.1) is 0 Å². The number of amides is 1. The smallest absolute Gasteiger partial charge is 0.416 e. The summed E-state index contributed by atoms with van der Waals surface area (Å²) in [4.78, 5) is 22.8. The number of carboxylic acid groups (broad SMARTS) is 1. The second kappa shape index (κ2) is 5.27. The van der Waals surface area contributed by atoms with Crippen molar-refractivity contribution in [3.05, 3.63) is 47.3 Å². The SMILES string of the molecule is O=C(Nc1ccc(C(F)(F)F)cc1C(=O)O)c1ccn[nH]1. The Kier molecular flexibility index (Phi) is 3.66. The minimum atomic E-state index is -4.67. The van der Waals surface area contributed by atoms with Gasteiger partial charge in [0.25, 0.3) is 5.91 Å². The first-order chi connectivity index (χ1) is 9.79. The summed E-state index contributed by atoms with van der Waals surface area (Å²) in [6.07, 6.45) is -3.37. The van der Waals surface area contributed by atoms with Gasteiger partial charge < -0.3 is 10.4 Å². The topological polar surface area (TPSA) is 95.1 Å². The zero-order valence-electron chi connectivity index (χ0n) is 10.2. The standard InChI is InChI=1S/C12H8F3N3O3/c13-12(14,15)6-1-2-8(7(5-6)11(20)21)17-10(19)9-3-4-16-18-9/h1-5H,(H,16,18)(H,17,19)(H,20,21). The monoisotopic (exact) mass is 299 g/mol. The quantitative estimate of drug-likeness (QED) is 0.811. The number of anilines is 1. The van der Waals surface area contributed by atoms with Crippen molar-refractivity contribution in [1.29, 1.82) is 0 Å². The number of carboxylic acids is 1. The largest absolute Gasteiger partial charge is 0.478 e. The number of carbonyl (C=O) groups excluding carboxylic acids is 1. The third-order valence-electron chi connectivity index (χ3n) is 2.57. The van der Waals surface area contributed by atoms with Gasteiger partial charge >= 0.3 is 12.1 Å². The highest BCUT2D eigenvalue weighted by atomic mass is 19.4. The zero-order chi connectivity index (χ0) is 15.6. The minimum absolute atomic E-state index is 0.0474. The van der Waals surface area contributed by atoms with E-state index in [1.54, 1.807) is 0 Å². The molecule has 0 spiro atoms. The molecule has 0 bridgehead atoms. The molecule has 3 N–H and O–H groups in total. The molecule has 2 aromatic rings. The van der Waals surface area contributed by atoms with E-state index < -0.39 is 29.2 Å². The van der Waals surface area contributed by atoms with E-state index in [1.807, 2.05) is 0 Å². The number of rotatable bonds is 3. The Morgan fingerprint density at radius 2 is 1.95 bits per heavy atom. The molecule has 0 aliphatic carbocycles. The number of aromatic amines is 1. The maximum Gasteiger partial charge on any atom is 0.416 e. The molecule has 1 aromatic heterocycles. The van der Waals surface area contributed by atoms with Gasteiger partial charge in [0, 0.05) is 6.20 Å². The van der Waals surface area contributed by atoms with Gasteiger partial charge in [0.05, 0.1) is 16.8 Å². The van der Waals surface area contributed by atoms with Gasteiger partial charge in [-0.1, -0.05) is 0 Å². The van der Waals surface area contributed by atoms with E-state index in [0.29, 0.717) is 12.1 Å². The van der Waals surface area contributed by atoms with Crippen molar-refractivity contribution in [3.8, 4) is 0 Å². The van der Waals surface area contributed by atoms with Gasteiger partial charge in [0.1, 0.15) is 5.69 Å². The van der Waals surface area contributed by atoms with Crippen LogP contribution in [0.5, 0.6) is 0 Å². The number of hydrogen-bond acceptors (Lipinski definition) is 3. The summed E-state index contributed by atoms with van der Waals surface area (Å²) >= 11 is 0. The van der Waals surface area contributed by atoms with Gasteiger partial charge in [-0.15, -0.1) is 0 Å². The molecule has 6 nitrogen and oxygen atoms in total. The van der Waals surface area contributed by atoms with E-state index in [4.69, 9.17) is 5.11 Å². The van der Waals surface area contributed by atoms with Crippen LogP contribution in [0.3, 0.4) is 0 Å². The molecule has 9 heteroatoms. The highest BCUT2D eigenvalue weighted by molar-refractivity contribution is 6.06. The molecule has 21 heavy (non-hydrogen) atoms. The molecular weight excluding hydrogens is 291 g/mol. The van der Waals surface area contributed by atoms with E-state index in [2.05, 4.69) is 15.5 Å². The van der Waals surface area contributed by atoms with Gasteiger partial charge in [0.2, 0.25) is 0 Å². The van der Waals surface area contributed by atoms with Crippen LogP contribution < -0.4 is 5.32 Å². The minimum Gasteiger partial charge on any atom is -0.478 e. The van der Waals surface area contributed by atoms with E-state index in [1.165, 1.54) is 12.3 Å². The molecule has 0 aliphatic heterocycles. The molecule has 0 fully saturated rings. The summed E-state index contributed by atoms with van der Waals surface area (Å²) in [5.74, 6) is -2.30. The number of hydrogen-bond donors (Lipinski definition) is 3. The molecule has 0 aliphatic rings. The van der Waals surface area contributed by atoms with Gasteiger partial charge in [-0.3, -0.25) is 9.89 Å². The third kappa shape index (κ3) is 3.19. The van der Waals surface area contributed by atoms with Crippen LogP contribution >= 0.6 is 0 Å². The number of aromatic carboxylic acids is 1. The lowest BCUT2D eigenvalue weighted by atomic mass is 10.1. The van der Waals surface area contributed by atoms with Gasteiger partial charge in [-0.05, 0) is 24.3 Å². The van der Waals surface area contributed by atoms with Crippen molar-refractivity contribution in [1.82, 2.24) is 10.2 Å². The molecule has 1 heterocycles. The second-order valence-electron chi connectivity index (χ2n) is 3.99. The average molecular weight is 299 g/mol. The Morgan fingerprint density at radius 1 is 1.24 bits per heavy atom. The van der Waals surface area contributed by atoms with Crippen LogP contribution in [-0.2, 0) is 6.18 Å². The summed E-state index contributed by atoms with van der Waals surface area (Å²) in [5.41, 5.74) is -1.96. The average Bonchev–Trinajstić information content (AvgIpc) is 2.91. The number of alkyl halides is 3. The Balaban J connectivity index is 2.35. The fourth-order valence-electron chi connectivity index (χ4n) is 1.58. The van der Waals surface area contributed by atoms with Gasteiger partial charge in [0.15, 0.2) is 0 Å². The maximum absolute atomic E-state index is 12.6. The summed E-state index contributed by atoms with van der Waals surface area (Å²) in [6, 6.07) is 3.38. The van der Waals surface area contributed by atoms with Crippen LogP contribution in [0.25, 0.3) is 0 Å². The fourth-order valence-corrected chi connectivity index (χ4v) is 1.58. The zero-order valence-corrected chi connectivity index (χ0v) is 10.2. The van der Waals surface area contributed by atoms with E-state index in [-0.39, 0.29) is 11.4 Å². The number of nitrogens with zero attached hydrogens (tertiary/aromatic N) is 1. The molecule has 0 saturated carbocycles. The summed E-state index contributed by atoms with van der Waals surface area (Å²) < 4.78 is 37.7. The lowest BCUT2D eigenvalue weighted by Crippen LogP contribution is -2.16. The van der Waals surface area contributed by atoms with Crippen LogP contribution in [0.15, 0.2) is 30.5 Å². The van der Waals surface area contributed by atoms with E-state index in [9.17, 15) is 22.8 Å². The van der Waals surface area contributed by atoms with Gasteiger partial charge in [-0.2, -0.15) is 18.3 Å². The van der Waals surface area contributed by atoms with Crippen molar-refractivity contribution in [2.45, 2.75) is 6.18 Å². The van der Waals surface area contributed by atoms with Crippen molar-refractivity contribution < 1.29 is 27.9 Å². The molecule has 1 amide bonds. The van der Waals surface area contributed by atoms with Crippen molar-refractivity contribution in [2.24, 2.45) is 0 Å². The Labute approximate surface area is 115 Å². The third-order valence-corrected chi connectivity index (χ3v) is 2.57. The van der Waals surface area contributed by atoms with Crippen molar-refractivity contribution >= 4 is 17.6 Å². The number of H-pyrrole nitrogens is 1. The Morgan fingerprint density at radius 3 is 2.48 bits per heavy atom. The first-order valence-corrected chi connectivity index (χ1v) is 5.54. The Hall–Kier alpha value is -2.84. The van der Waals surface area contributed by atoms with Crippen LogP contribution in [0.2, 0.25) is 0 Å². The van der Waals surface area contributed by atoms with E-state index in [0.717, 1.165) is 6.07 Å². The second-order valence-corrected chi connectivity index (χ2v) is 3.99. The molecular formula is C12H8F3N3O3. The van der Waals surface area contributed by atoms with Crippen molar-refractivity contribution in [3.63, 3.8) is 0 Å². The highest BCUT2D eigenvalue weighted by Gasteiger charge is 2.32. The highest BCUT2D eigenvalue weighted by Crippen LogP contribution is 2.32. The number of nitrogens with one attached hydrogen (secondary N) is 2. The predicted octanol–water partition coefficient (Wildman–Crippen LogP) is 2.38. The molecule has 0 radical (unpaired) electrons. The van der Waals surface area contributed by atoms with E-state index >= 15 is 0 Å². The lowest BCUT2D eigenvalue weighted by Gasteiger charge is -2.11. The van der Waals surface area contributed by atoms with Gasteiger partial charge in [-0.25, -0.2) is 4.79 Å². The van der Waals surface area contributed by atoms with Crippen molar-refractivity contribution in [2.75, 3.05) is 5.32 Å². The fraction of sp³-hybridized carbons (Fsp3) is 0.0833. The molecule has 110 valence electrons. The summed E-state index contributed by atoms with van der Waals surface area (Å²) in [5, 5.41) is 17.1. The van der Waals surface area contributed by atoms with Crippen LogP contribution in [0.4, 0.5) is 18.9 Å². The lowest BCUT2D eigenvalue weighted by molar-refractivity contribution is -0.137. The number of aromatic nitrogens is 2. The number of carbonyl (C=O) groups is 2. The molecule has 0 saturated heterocycles. The number of halogens is 3. The first-order valence-electron chi connectivity index (χ1n) is 5.54. The predicted molar refractivity (Wildman–Crippen MR) is 64.9 cm³/mol. The number of benzene rings is 1. The molecule has 0 unspecified atom stereocenters.